The van der Waals surface area contributed by atoms with Gasteiger partial charge in [-0.2, -0.15) is 10.0 Å². The van der Waals surface area contributed by atoms with Crippen LogP contribution in [0.2, 0.25) is 0 Å². The SMILES string of the molecule is C=C(/C=C\C(=C/C)N1CCc2c(CN=O)nn(-c3ccc(OC)cc3)c2C1=O)N(C)CC. The first-order valence-corrected chi connectivity index (χ1v) is 10.6. The lowest BCUT2D eigenvalue weighted by molar-refractivity contribution is 0.0787. The highest BCUT2D eigenvalue weighted by atomic mass is 16.5. The average Bonchev–Trinajstić information content (AvgIpc) is 3.19. The summed E-state index contributed by atoms with van der Waals surface area (Å²) in [6.45, 7) is 9.28. The molecule has 1 aromatic carbocycles. The summed E-state index contributed by atoms with van der Waals surface area (Å²) in [4.78, 5) is 28.3. The Bertz CT molecular complexity index is 1070. The number of methoxy groups -OCH3 is 1. The first-order chi connectivity index (χ1) is 15.4. The summed E-state index contributed by atoms with van der Waals surface area (Å²) >= 11 is 0. The van der Waals surface area contributed by atoms with Crippen LogP contribution in [0.3, 0.4) is 0 Å². The van der Waals surface area contributed by atoms with E-state index >= 15 is 0 Å². The van der Waals surface area contributed by atoms with Gasteiger partial charge in [0.2, 0.25) is 0 Å². The molecule has 0 N–H and O–H groups in total. The first-order valence-electron chi connectivity index (χ1n) is 10.6. The van der Waals surface area contributed by atoms with Crippen molar-refractivity contribution in [1.29, 1.82) is 0 Å². The van der Waals surface area contributed by atoms with E-state index in [0.717, 1.165) is 23.5 Å². The fraction of sp³-hybridized carbons (Fsp3) is 0.333. The van der Waals surface area contributed by atoms with Crippen LogP contribution in [0.1, 0.15) is 35.6 Å². The standard InChI is InChI=1S/C24H29N5O3/c1-6-18(9-8-17(3)27(4)7-2)28-15-14-21-22(16-25-31)26-29(23(21)24(28)30)19-10-12-20(32-5)13-11-19/h6,8-13H,3,7,14-16H2,1-2,4-5H3/b9-8-,18-6+. The summed E-state index contributed by atoms with van der Waals surface area (Å²) in [6, 6.07) is 7.28. The molecule has 2 aromatic rings. The largest absolute Gasteiger partial charge is 0.497 e. The predicted octanol–water partition coefficient (Wildman–Crippen LogP) is 4.07. The maximum atomic E-state index is 13.6. The van der Waals surface area contributed by atoms with Gasteiger partial charge in [-0.25, -0.2) is 4.68 Å². The minimum Gasteiger partial charge on any atom is -0.497 e. The van der Waals surface area contributed by atoms with Crippen molar-refractivity contribution in [3.05, 3.63) is 82.3 Å². The molecule has 0 bridgehead atoms. The molecule has 0 unspecified atom stereocenters. The molecule has 0 atom stereocenters. The van der Waals surface area contributed by atoms with E-state index in [4.69, 9.17) is 4.74 Å². The van der Waals surface area contributed by atoms with Gasteiger partial charge in [0.1, 0.15) is 18.0 Å². The normalized spacial score (nSPS) is 13.9. The van der Waals surface area contributed by atoms with E-state index in [1.54, 1.807) is 16.7 Å². The number of nitroso groups, excluding NO2 is 1. The van der Waals surface area contributed by atoms with E-state index in [1.165, 1.54) is 0 Å². The number of benzene rings is 1. The van der Waals surface area contributed by atoms with Crippen molar-refractivity contribution in [3.63, 3.8) is 0 Å². The van der Waals surface area contributed by atoms with Crippen molar-refractivity contribution in [1.82, 2.24) is 19.6 Å². The molecule has 8 nitrogen and oxygen atoms in total. The number of hydrogen-bond donors (Lipinski definition) is 0. The van der Waals surface area contributed by atoms with Crippen molar-refractivity contribution in [2.24, 2.45) is 5.18 Å². The second kappa shape index (κ2) is 10.1. The Morgan fingerprint density at radius 1 is 1.31 bits per heavy atom. The van der Waals surface area contributed by atoms with E-state index in [1.807, 2.05) is 61.4 Å². The maximum Gasteiger partial charge on any atom is 0.277 e. The molecule has 0 spiro atoms. The van der Waals surface area contributed by atoms with Crippen LogP contribution in [0, 0.1) is 4.91 Å². The molecule has 1 amide bonds. The Morgan fingerprint density at radius 2 is 2.03 bits per heavy atom. The highest BCUT2D eigenvalue weighted by molar-refractivity contribution is 5.97. The number of allylic oxidation sites excluding steroid dienone is 3. The number of nitrogens with zero attached hydrogens (tertiary/aromatic N) is 5. The van der Waals surface area contributed by atoms with Gasteiger partial charge in [-0.15, -0.1) is 0 Å². The van der Waals surface area contributed by atoms with Crippen molar-refractivity contribution in [2.45, 2.75) is 26.8 Å². The summed E-state index contributed by atoms with van der Waals surface area (Å²) in [5.41, 5.74) is 4.12. The van der Waals surface area contributed by atoms with E-state index in [0.29, 0.717) is 35.8 Å². The molecular weight excluding hydrogens is 406 g/mol. The van der Waals surface area contributed by atoms with Crippen LogP contribution in [0.5, 0.6) is 5.75 Å². The monoisotopic (exact) mass is 435 g/mol. The number of hydrogen-bond acceptors (Lipinski definition) is 6. The molecule has 32 heavy (non-hydrogen) atoms. The molecule has 0 saturated heterocycles. The second-order valence-corrected chi connectivity index (χ2v) is 7.43. The molecule has 1 aromatic heterocycles. The van der Waals surface area contributed by atoms with Gasteiger partial charge in [0.15, 0.2) is 0 Å². The minimum absolute atomic E-state index is 0.0711. The third-order valence-corrected chi connectivity index (χ3v) is 5.65. The molecule has 0 saturated carbocycles. The van der Waals surface area contributed by atoms with E-state index < -0.39 is 0 Å². The third kappa shape index (κ3) is 4.49. The minimum atomic E-state index is -0.168. The molecule has 0 radical (unpaired) electrons. The number of fused-ring (bicyclic) bond motifs is 1. The lowest BCUT2D eigenvalue weighted by Crippen LogP contribution is -2.37. The lowest BCUT2D eigenvalue weighted by atomic mass is 10.0. The number of carbonyl (C=O) groups is 1. The molecule has 0 aliphatic carbocycles. The van der Waals surface area contributed by atoms with Crippen LogP contribution in [-0.2, 0) is 13.0 Å². The van der Waals surface area contributed by atoms with Crippen molar-refractivity contribution in [3.8, 4) is 11.4 Å². The summed E-state index contributed by atoms with van der Waals surface area (Å²) in [5, 5.41) is 7.57. The van der Waals surface area contributed by atoms with Crippen molar-refractivity contribution < 1.29 is 9.53 Å². The van der Waals surface area contributed by atoms with Crippen LogP contribution < -0.4 is 4.74 Å². The second-order valence-electron chi connectivity index (χ2n) is 7.43. The highest BCUT2D eigenvalue weighted by Crippen LogP contribution is 2.29. The first kappa shape index (κ1) is 23.0. The summed E-state index contributed by atoms with van der Waals surface area (Å²) in [7, 11) is 3.56. The van der Waals surface area contributed by atoms with Crippen molar-refractivity contribution in [2.75, 3.05) is 27.2 Å². The Hall–Kier alpha value is -3.68. The summed E-state index contributed by atoms with van der Waals surface area (Å²) in [6.07, 6.45) is 6.30. The number of likely N-dealkylation sites (N-methyl/N-ethyl adjacent to an activating group) is 1. The van der Waals surface area contributed by atoms with Gasteiger partial charge in [-0.3, -0.25) is 4.79 Å². The van der Waals surface area contributed by atoms with Gasteiger partial charge < -0.3 is 14.5 Å². The molecule has 8 heteroatoms. The van der Waals surface area contributed by atoms with Crippen LogP contribution in [0.15, 0.2) is 65.6 Å². The molecule has 0 fully saturated rings. The van der Waals surface area contributed by atoms with Crippen molar-refractivity contribution >= 4 is 5.91 Å². The Kier molecular flexibility index (Phi) is 7.25. The van der Waals surface area contributed by atoms with Crippen LogP contribution >= 0.6 is 0 Å². The Labute approximate surface area is 188 Å². The topological polar surface area (TPSA) is 80.0 Å². The molecule has 3 rings (SSSR count). The van der Waals surface area contributed by atoms with Gasteiger partial charge in [0, 0.05) is 37.1 Å². The molecular formula is C24H29N5O3. The van der Waals surface area contributed by atoms with Crippen LogP contribution in [-0.4, -0.2) is 52.7 Å². The molecule has 1 aliphatic heterocycles. The molecule has 168 valence electrons. The van der Waals surface area contributed by atoms with Gasteiger partial charge in [0.25, 0.3) is 5.91 Å². The summed E-state index contributed by atoms with van der Waals surface area (Å²) in [5.74, 6) is 0.537. The zero-order chi connectivity index (χ0) is 23.3. The van der Waals surface area contributed by atoms with E-state index in [2.05, 4.69) is 23.8 Å². The van der Waals surface area contributed by atoms with Crippen LogP contribution in [0.25, 0.3) is 5.69 Å². The zero-order valence-electron chi connectivity index (χ0n) is 19.0. The number of carbonyl (C=O) groups excluding carboxylic acids is 1. The summed E-state index contributed by atoms with van der Waals surface area (Å²) < 4.78 is 6.83. The molecule has 2 heterocycles. The number of ether oxygens (including phenoxy) is 1. The van der Waals surface area contributed by atoms with Gasteiger partial charge in [-0.1, -0.05) is 17.8 Å². The van der Waals surface area contributed by atoms with Crippen LogP contribution in [0.4, 0.5) is 0 Å². The zero-order valence-corrected chi connectivity index (χ0v) is 19.0. The predicted molar refractivity (Wildman–Crippen MR) is 125 cm³/mol. The number of amides is 1. The maximum absolute atomic E-state index is 13.6. The van der Waals surface area contributed by atoms with Gasteiger partial charge in [0.05, 0.1) is 18.5 Å². The molecule has 1 aliphatic rings. The smallest absolute Gasteiger partial charge is 0.277 e. The fourth-order valence-electron chi connectivity index (χ4n) is 3.63. The quantitative estimate of drug-likeness (QED) is 0.438. The fourth-order valence-corrected chi connectivity index (χ4v) is 3.63. The highest BCUT2D eigenvalue weighted by Gasteiger charge is 2.33. The van der Waals surface area contributed by atoms with Gasteiger partial charge >= 0.3 is 0 Å². The Morgan fingerprint density at radius 3 is 2.62 bits per heavy atom. The van der Waals surface area contributed by atoms with E-state index in [9.17, 15) is 9.70 Å². The third-order valence-electron chi connectivity index (χ3n) is 5.65. The number of rotatable bonds is 9. The Balaban J connectivity index is 2.00. The lowest BCUT2D eigenvalue weighted by Gasteiger charge is -2.29. The van der Waals surface area contributed by atoms with E-state index in [-0.39, 0.29) is 12.5 Å². The number of aromatic nitrogens is 2. The van der Waals surface area contributed by atoms with Gasteiger partial charge in [-0.05, 0) is 56.7 Å². The average molecular weight is 436 g/mol.